The number of benzene rings is 1. The lowest BCUT2D eigenvalue weighted by molar-refractivity contribution is -0.140. The van der Waals surface area contributed by atoms with Crippen LogP contribution >= 0.6 is 0 Å². The number of hydrogen-bond donors (Lipinski definition) is 4. The molecule has 3 fully saturated rings. The molecule has 3 aliphatic rings. The van der Waals surface area contributed by atoms with Crippen molar-refractivity contribution < 1.29 is 29.1 Å². The molecule has 4 N–H and O–H groups in total. The van der Waals surface area contributed by atoms with Crippen LogP contribution in [0.5, 0.6) is 0 Å². The SMILES string of the molecule is O=C(O)NC1CC(CC(=O)NNC(=O)[C@@H]2CC[C@@H]3CN2C(=O)N3OCc2ccccc2)C1. The van der Waals surface area contributed by atoms with Crippen molar-refractivity contribution >= 4 is 23.9 Å². The minimum Gasteiger partial charge on any atom is -0.465 e. The van der Waals surface area contributed by atoms with Crippen molar-refractivity contribution in [2.24, 2.45) is 5.92 Å². The summed E-state index contributed by atoms with van der Waals surface area (Å²) in [4.78, 5) is 55.3. The predicted molar refractivity (Wildman–Crippen MR) is 111 cm³/mol. The molecule has 0 radical (unpaired) electrons. The third-order valence-electron chi connectivity index (χ3n) is 6.20. The Morgan fingerprint density at radius 1 is 1.09 bits per heavy atom. The second-order valence-corrected chi connectivity index (χ2v) is 8.49. The summed E-state index contributed by atoms with van der Waals surface area (Å²) in [6.45, 7) is 0.674. The van der Waals surface area contributed by atoms with Crippen LogP contribution in [-0.2, 0) is 21.0 Å². The number of carbonyl (C=O) groups excluding carboxylic acids is 3. The van der Waals surface area contributed by atoms with Crippen molar-refractivity contribution in [3.05, 3.63) is 35.9 Å². The van der Waals surface area contributed by atoms with E-state index in [1.54, 1.807) is 0 Å². The van der Waals surface area contributed by atoms with Gasteiger partial charge in [0.15, 0.2) is 0 Å². The first-order valence-electron chi connectivity index (χ1n) is 10.8. The van der Waals surface area contributed by atoms with E-state index in [-0.39, 0.29) is 43.0 Å². The average molecular weight is 445 g/mol. The van der Waals surface area contributed by atoms with Gasteiger partial charge in [0, 0.05) is 19.0 Å². The Kier molecular flexibility index (Phi) is 6.45. The highest BCUT2D eigenvalue weighted by Crippen LogP contribution is 2.31. The number of fused-ring (bicyclic) bond motifs is 2. The van der Waals surface area contributed by atoms with Crippen LogP contribution in [-0.4, -0.2) is 63.7 Å². The van der Waals surface area contributed by atoms with Crippen LogP contribution in [0.3, 0.4) is 0 Å². The number of piperidine rings is 1. The fourth-order valence-corrected chi connectivity index (χ4v) is 4.51. The Balaban J connectivity index is 1.21. The quantitative estimate of drug-likeness (QED) is 0.461. The van der Waals surface area contributed by atoms with Crippen LogP contribution in [0, 0.1) is 5.92 Å². The standard InChI is InChI=1S/C21H27N5O6/c27-18(10-14-8-15(9-14)22-20(29)30)23-24-19(28)17-7-6-16-11-25(17)21(31)26(16)32-12-13-4-2-1-3-5-13/h1-5,14-17,22H,6-12H2,(H,23,27)(H,24,28)(H,29,30)/t14?,15?,16-,17+/m1/s1. The fourth-order valence-electron chi connectivity index (χ4n) is 4.51. The highest BCUT2D eigenvalue weighted by atomic mass is 16.7. The summed E-state index contributed by atoms with van der Waals surface area (Å²) in [7, 11) is 0. The Labute approximate surface area is 185 Å². The van der Waals surface area contributed by atoms with Gasteiger partial charge in [-0.05, 0) is 37.2 Å². The summed E-state index contributed by atoms with van der Waals surface area (Å²) in [6, 6.07) is 8.30. The monoisotopic (exact) mass is 445 g/mol. The number of amides is 5. The topological polar surface area (TPSA) is 140 Å². The molecule has 0 aromatic heterocycles. The van der Waals surface area contributed by atoms with Gasteiger partial charge in [-0.2, -0.15) is 5.06 Å². The van der Waals surface area contributed by atoms with Crippen molar-refractivity contribution in [1.29, 1.82) is 0 Å². The van der Waals surface area contributed by atoms with Gasteiger partial charge >= 0.3 is 12.1 Å². The van der Waals surface area contributed by atoms with Crippen LogP contribution in [0.25, 0.3) is 0 Å². The number of carbonyl (C=O) groups is 4. The summed E-state index contributed by atoms with van der Waals surface area (Å²) >= 11 is 0. The van der Waals surface area contributed by atoms with Crippen molar-refractivity contribution in [1.82, 2.24) is 26.1 Å². The van der Waals surface area contributed by atoms with Gasteiger partial charge in [-0.3, -0.25) is 25.3 Å². The maximum absolute atomic E-state index is 12.8. The summed E-state index contributed by atoms with van der Waals surface area (Å²) in [5.74, 6) is -0.699. The lowest BCUT2D eigenvalue weighted by atomic mass is 9.78. The van der Waals surface area contributed by atoms with Gasteiger partial charge in [0.25, 0.3) is 5.91 Å². The first-order valence-corrected chi connectivity index (χ1v) is 10.8. The van der Waals surface area contributed by atoms with E-state index in [1.165, 1.54) is 9.96 Å². The van der Waals surface area contributed by atoms with E-state index in [2.05, 4.69) is 16.2 Å². The number of urea groups is 1. The minimum atomic E-state index is -1.07. The number of rotatable bonds is 7. The summed E-state index contributed by atoms with van der Waals surface area (Å²) in [5, 5.41) is 12.4. The van der Waals surface area contributed by atoms with Gasteiger partial charge in [-0.1, -0.05) is 30.3 Å². The maximum Gasteiger partial charge on any atom is 0.404 e. The second kappa shape index (κ2) is 9.43. The average Bonchev–Trinajstić information content (AvgIpc) is 2.99. The molecule has 2 atom stereocenters. The molecule has 1 aromatic rings. The molecule has 1 aromatic carbocycles. The molecule has 1 saturated carbocycles. The molecule has 4 rings (SSSR count). The normalized spacial score (nSPS) is 26.3. The molecular formula is C21H27N5O6. The van der Waals surface area contributed by atoms with Crippen molar-refractivity contribution in [3.8, 4) is 0 Å². The van der Waals surface area contributed by atoms with E-state index in [0.29, 0.717) is 32.2 Å². The van der Waals surface area contributed by atoms with Gasteiger partial charge in [0.1, 0.15) is 12.6 Å². The Bertz CT molecular complexity index is 875. The largest absolute Gasteiger partial charge is 0.465 e. The van der Waals surface area contributed by atoms with Gasteiger partial charge in [-0.15, -0.1) is 0 Å². The fraction of sp³-hybridized carbons (Fsp3) is 0.524. The third-order valence-corrected chi connectivity index (χ3v) is 6.20. The lowest BCUT2D eigenvalue weighted by Gasteiger charge is -2.34. The Morgan fingerprint density at radius 2 is 1.84 bits per heavy atom. The van der Waals surface area contributed by atoms with E-state index in [4.69, 9.17) is 9.94 Å². The molecule has 32 heavy (non-hydrogen) atoms. The molecule has 172 valence electrons. The lowest BCUT2D eigenvalue weighted by Crippen LogP contribution is -2.54. The van der Waals surface area contributed by atoms with Gasteiger partial charge in [0.2, 0.25) is 5.91 Å². The molecule has 0 spiro atoms. The summed E-state index contributed by atoms with van der Waals surface area (Å²) in [6.07, 6.45) is 1.43. The minimum absolute atomic E-state index is 0.0784. The van der Waals surface area contributed by atoms with E-state index < -0.39 is 18.0 Å². The summed E-state index contributed by atoms with van der Waals surface area (Å²) < 4.78 is 0. The van der Waals surface area contributed by atoms with E-state index >= 15 is 0 Å². The molecule has 11 heteroatoms. The first-order chi connectivity index (χ1) is 15.4. The molecule has 2 saturated heterocycles. The zero-order chi connectivity index (χ0) is 22.7. The van der Waals surface area contributed by atoms with Crippen LogP contribution in [0.2, 0.25) is 0 Å². The maximum atomic E-state index is 12.8. The number of nitrogens with zero attached hydrogens (tertiary/aromatic N) is 2. The Morgan fingerprint density at radius 3 is 2.56 bits per heavy atom. The predicted octanol–water partition coefficient (Wildman–Crippen LogP) is 0.971. The molecule has 2 bridgehead atoms. The number of nitrogens with one attached hydrogen (secondary N) is 3. The van der Waals surface area contributed by atoms with Crippen LogP contribution in [0.4, 0.5) is 9.59 Å². The highest BCUT2D eigenvalue weighted by Gasteiger charge is 2.48. The zero-order valence-corrected chi connectivity index (χ0v) is 17.5. The molecular weight excluding hydrogens is 418 g/mol. The van der Waals surface area contributed by atoms with Gasteiger partial charge < -0.3 is 15.3 Å². The van der Waals surface area contributed by atoms with Crippen LogP contribution < -0.4 is 16.2 Å². The van der Waals surface area contributed by atoms with Crippen molar-refractivity contribution in [3.63, 3.8) is 0 Å². The molecule has 0 unspecified atom stereocenters. The van der Waals surface area contributed by atoms with Gasteiger partial charge in [0.05, 0.1) is 6.04 Å². The Hall–Kier alpha value is -3.34. The van der Waals surface area contributed by atoms with E-state index in [1.807, 2.05) is 30.3 Å². The van der Waals surface area contributed by atoms with Gasteiger partial charge in [-0.25, -0.2) is 9.59 Å². The molecule has 11 nitrogen and oxygen atoms in total. The van der Waals surface area contributed by atoms with Crippen LogP contribution in [0.15, 0.2) is 30.3 Å². The molecule has 1 aliphatic carbocycles. The number of hydroxylamine groups is 2. The third kappa shape index (κ3) is 4.93. The smallest absolute Gasteiger partial charge is 0.404 e. The van der Waals surface area contributed by atoms with E-state index in [0.717, 1.165) is 5.56 Å². The number of hydrogen-bond acceptors (Lipinski definition) is 5. The molecule has 5 amide bonds. The van der Waals surface area contributed by atoms with Crippen molar-refractivity contribution in [2.75, 3.05) is 6.54 Å². The molecule has 2 aliphatic heterocycles. The summed E-state index contributed by atoms with van der Waals surface area (Å²) in [5.41, 5.74) is 5.78. The second-order valence-electron chi connectivity index (χ2n) is 8.49. The number of hydrazine groups is 1. The number of carboxylic acid groups (broad SMARTS) is 1. The van der Waals surface area contributed by atoms with E-state index in [9.17, 15) is 19.2 Å². The first kappa shape index (κ1) is 21.9. The van der Waals surface area contributed by atoms with Crippen LogP contribution in [0.1, 0.15) is 37.7 Å². The molecule has 2 heterocycles. The van der Waals surface area contributed by atoms with Crippen molar-refractivity contribution in [2.45, 2.75) is 56.8 Å². The zero-order valence-electron chi connectivity index (χ0n) is 17.5. The highest BCUT2D eigenvalue weighted by molar-refractivity contribution is 5.90.